The molecule has 164 valence electrons. The molecule has 0 spiro atoms. The SMILES string of the molecule is CCn1c(=NC(=O)c2ccc(S(=O)(=O)N3CCOCC3)cc2)sc2cc(F)cc(F)c21. The van der Waals surface area contributed by atoms with Gasteiger partial charge in [0.15, 0.2) is 10.6 Å². The summed E-state index contributed by atoms with van der Waals surface area (Å²) in [5.41, 5.74) is 0.375. The minimum atomic E-state index is -3.67. The van der Waals surface area contributed by atoms with Crippen molar-refractivity contribution in [1.82, 2.24) is 8.87 Å². The van der Waals surface area contributed by atoms with E-state index in [4.69, 9.17) is 4.74 Å². The normalized spacial score (nSPS) is 16.2. The summed E-state index contributed by atoms with van der Waals surface area (Å²) in [6.45, 7) is 3.34. The molecule has 31 heavy (non-hydrogen) atoms. The van der Waals surface area contributed by atoms with Gasteiger partial charge in [-0.15, -0.1) is 0 Å². The molecule has 0 saturated carbocycles. The number of hydrogen-bond donors (Lipinski definition) is 0. The molecule has 11 heteroatoms. The van der Waals surface area contributed by atoms with Crippen LogP contribution in [0.25, 0.3) is 10.2 Å². The summed E-state index contributed by atoms with van der Waals surface area (Å²) < 4.78 is 61.5. The Morgan fingerprint density at radius 2 is 1.84 bits per heavy atom. The lowest BCUT2D eigenvalue weighted by molar-refractivity contribution is 0.0730. The summed E-state index contributed by atoms with van der Waals surface area (Å²) in [6, 6.07) is 7.50. The quantitative estimate of drug-likeness (QED) is 0.591. The first-order chi connectivity index (χ1) is 14.8. The first-order valence-corrected chi connectivity index (χ1v) is 11.8. The number of nitrogens with zero attached hydrogens (tertiary/aromatic N) is 3. The summed E-state index contributed by atoms with van der Waals surface area (Å²) >= 11 is 1.01. The van der Waals surface area contributed by atoms with Gasteiger partial charge in [-0.1, -0.05) is 11.3 Å². The van der Waals surface area contributed by atoms with Crippen LogP contribution in [0.1, 0.15) is 17.3 Å². The lowest BCUT2D eigenvalue weighted by atomic mass is 10.2. The third-order valence-electron chi connectivity index (χ3n) is 4.92. The Hall–Kier alpha value is -2.47. The summed E-state index contributed by atoms with van der Waals surface area (Å²) in [6.07, 6.45) is 0. The van der Waals surface area contributed by atoms with Gasteiger partial charge in [0.05, 0.1) is 28.3 Å². The van der Waals surface area contributed by atoms with Crippen molar-refractivity contribution < 1.29 is 26.7 Å². The maximum Gasteiger partial charge on any atom is 0.279 e. The summed E-state index contributed by atoms with van der Waals surface area (Å²) in [5.74, 6) is -2.03. The Labute approximate surface area is 181 Å². The van der Waals surface area contributed by atoms with Crippen molar-refractivity contribution in [3.63, 3.8) is 0 Å². The van der Waals surface area contributed by atoms with Gasteiger partial charge in [-0.3, -0.25) is 4.79 Å². The molecule has 1 amide bonds. The van der Waals surface area contributed by atoms with Crippen molar-refractivity contribution in [1.29, 1.82) is 0 Å². The van der Waals surface area contributed by atoms with E-state index >= 15 is 0 Å². The van der Waals surface area contributed by atoms with E-state index in [0.717, 1.165) is 17.4 Å². The molecule has 0 atom stereocenters. The molecular weight excluding hydrogens is 448 g/mol. The van der Waals surface area contributed by atoms with Gasteiger partial charge < -0.3 is 9.30 Å². The first-order valence-electron chi connectivity index (χ1n) is 9.56. The average molecular weight is 468 g/mol. The number of morpholine rings is 1. The van der Waals surface area contributed by atoms with E-state index in [2.05, 4.69) is 4.99 Å². The Morgan fingerprint density at radius 3 is 2.48 bits per heavy atom. The molecule has 2 heterocycles. The zero-order valence-corrected chi connectivity index (χ0v) is 18.2. The van der Waals surface area contributed by atoms with Crippen LogP contribution < -0.4 is 4.80 Å². The topological polar surface area (TPSA) is 81.0 Å². The third-order valence-corrected chi connectivity index (χ3v) is 7.86. The molecule has 1 aliphatic heterocycles. The molecule has 0 N–H and O–H groups in total. The summed E-state index contributed by atoms with van der Waals surface area (Å²) in [4.78, 5) is 17.0. The number of halogens is 2. The number of hydrogen-bond acceptors (Lipinski definition) is 5. The Balaban J connectivity index is 1.66. The van der Waals surface area contributed by atoms with Crippen LogP contribution >= 0.6 is 11.3 Å². The highest BCUT2D eigenvalue weighted by molar-refractivity contribution is 7.89. The van der Waals surface area contributed by atoms with Gasteiger partial charge in [0, 0.05) is 31.3 Å². The van der Waals surface area contributed by atoms with Gasteiger partial charge in [0.2, 0.25) is 10.0 Å². The molecule has 0 aliphatic carbocycles. The molecule has 1 fully saturated rings. The number of aromatic nitrogens is 1. The molecule has 0 unspecified atom stereocenters. The van der Waals surface area contributed by atoms with Crippen molar-refractivity contribution in [2.24, 2.45) is 4.99 Å². The van der Waals surface area contributed by atoms with Crippen LogP contribution in [0.2, 0.25) is 0 Å². The van der Waals surface area contributed by atoms with Crippen molar-refractivity contribution >= 4 is 37.5 Å². The monoisotopic (exact) mass is 467 g/mol. The molecule has 1 aromatic heterocycles. The predicted octanol–water partition coefficient (Wildman–Crippen LogP) is 2.76. The predicted molar refractivity (Wildman–Crippen MR) is 111 cm³/mol. The van der Waals surface area contributed by atoms with Crippen LogP contribution in [-0.4, -0.2) is 49.5 Å². The van der Waals surface area contributed by atoms with E-state index < -0.39 is 27.6 Å². The highest BCUT2D eigenvalue weighted by Gasteiger charge is 2.26. The number of benzene rings is 2. The molecular formula is C20H19F2N3O4S2. The van der Waals surface area contributed by atoms with Crippen molar-refractivity contribution in [3.05, 3.63) is 58.4 Å². The lowest BCUT2D eigenvalue weighted by Crippen LogP contribution is -2.40. The van der Waals surface area contributed by atoms with Crippen LogP contribution in [0.5, 0.6) is 0 Å². The Bertz CT molecular complexity index is 1310. The fourth-order valence-electron chi connectivity index (χ4n) is 3.36. The van der Waals surface area contributed by atoms with E-state index in [1.54, 1.807) is 6.92 Å². The zero-order valence-electron chi connectivity index (χ0n) is 16.5. The smallest absolute Gasteiger partial charge is 0.279 e. The average Bonchev–Trinajstić information content (AvgIpc) is 3.11. The highest BCUT2D eigenvalue weighted by Crippen LogP contribution is 2.23. The standard InChI is InChI=1S/C20H19F2N3O4S2/c1-2-25-18-16(22)11-14(21)12-17(18)30-20(25)23-19(26)13-3-5-15(6-4-13)31(27,28)24-7-9-29-10-8-24/h3-6,11-12H,2,7-10H2,1H3. The van der Waals surface area contributed by atoms with E-state index in [-0.39, 0.29) is 33.9 Å². The fourth-order valence-corrected chi connectivity index (χ4v) is 5.90. The molecule has 0 radical (unpaired) electrons. The fraction of sp³-hybridized carbons (Fsp3) is 0.300. The summed E-state index contributed by atoms with van der Waals surface area (Å²) in [5, 5.41) is 0. The molecule has 1 saturated heterocycles. The van der Waals surface area contributed by atoms with E-state index in [1.165, 1.54) is 39.2 Å². The van der Waals surface area contributed by atoms with Gasteiger partial charge in [0.25, 0.3) is 5.91 Å². The number of fused-ring (bicyclic) bond motifs is 1. The number of sulfonamides is 1. The van der Waals surface area contributed by atoms with Gasteiger partial charge in [-0.25, -0.2) is 17.2 Å². The van der Waals surface area contributed by atoms with E-state index in [9.17, 15) is 22.0 Å². The second-order valence-electron chi connectivity index (χ2n) is 6.82. The van der Waals surface area contributed by atoms with Gasteiger partial charge in [-0.2, -0.15) is 9.30 Å². The second-order valence-corrected chi connectivity index (χ2v) is 9.77. The van der Waals surface area contributed by atoms with Crippen molar-refractivity contribution in [2.75, 3.05) is 26.3 Å². The minimum absolute atomic E-state index is 0.0778. The molecule has 4 rings (SSSR count). The largest absolute Gasteiger partial charge is 0.379 e. The first kappa shape index (κ1) is 21.8. The van der Waals surface area contributed by atoms with Crippen LogP contribution in [0.15, 0.2) is 46.3 Å². The number of carbonyl (C=O) groups excluding carboxylic acids is 1. The van der Waals surface area contributed by atoms with Gasteiger partial charge >= 0.3 is 0 Å². The van der Waals surface area contributed by atoms with Crippen LogP contribution in [0, 0.1) is 11.6 Å². The number of ether oxygens (including phenoxy) is 1. The van der Waals surface area contributed by atoms with Gasteiger partial charge in [0.1, 0.15) is 5.82 Å². The lowest BCUT2D eigenvalue weighted by Gasteiger charge is -2.26. The van der Waals surface area contributed by atoms with Crippen molar-refractivity contribution in [3.8, 4) is 0 Å². The second kappa shape index (κ2) is 8.58. The molecule has 7 nitrogen and oxygen atoms in total. The van der Waals surface area contributed by atoms with E-state index in [0.29, 0.717) is 24.5 Å². The maximum atomic E-state index is 14.2. The molecule has 0 bridgehead atoms. The Morgan fingerprint density at radius 1 is 1.16 bits per heavy atom. The minimum Gasteiger partial charge on any atom is -0.379 e. The molecule has 2 aromatic carbocycles. The van der Waals surface area contributed by atoms with Crippen LogP contribution in [0.4, 0.5) is 8.78 Å². The number of aryl methyl sites for hydroxylation is 1. The van der Waals surface area contributed by atoms with Crippen LogP contribution in [-0.2, 0) is 21.3 Å². The number of thiazole rings is 1. The number of rotatable bonds is 4. The molecule has 1 aliphatic rings. The zero-order chi connectivity index (χ0) is 22.2. The van der Waals surface area contributed by atoms with Crippen molar-refractivity contribution in [2.45, 2.75) is 18.4 Å². The third kappa shape index (κ3) is 4.18. The van der Waals surface area contributed by atoms with E-state index in [1.807, 2.05) is 0 Å². The van der Waals surface area contributed by atoms with Crippen LogP contribution in [0.3, 0.4) is 0 Å². The number of amides is 1. The Kier molecular flexibility index (Phi) is 6.02. The van der Waals surface area contributed by atoms with Gasteiger partial charge in [-0.05, 0) is 37.3 Å². The molecule has 3 aromatic rings. The number of carbonyl (C=O) groups is 1. The summed E-state index contributed by atoms with van der Waals surface area (Å²) in [7, 11) is -3.67. The maximum absolute atomic E-state index is 14.2. The highest BCUT2D eigenvalue weighted by atomic mass is 32.2.